The number of nitrogens with one attached hydrogen (secondary N) is 2. The Hall–Kier alpha value is -0.720. The van der Waals surface area contributed by atoms with Crippen LogP contribution in [0.25, 0.3) is 0 Å². The van der Waals surface area contributed by atoms with E-state index in [1.807, 2.05) is 7.05 Å². The smallest absolute Gasteiger partial charge is 0.191 e. The third-order valence-corrected chi connectivity index (χ3v) is 4.48. The molecule has 0 unspecified atom stereocenters. The van der Waals surface area contributed by atoms with Gasteiger partial charge in [-0.2, -0.15) is 0 Å². The van der Waals surface area contributed by atoms with Crippen LogP contribution >= 0.6 is 24.0 Å². The Morgan fingerprint density at radius 3 is 2.57 bits per heavy atom. The monoisotopic (exact) mass is 404 g/mol. The van der Waals surface area contributed by atoms with Gasteiger partial charge in [-0.05, 0) is 43.7 Å². The fraction of sp³-hybridized carbons (Fsp3) is 0.688. The van der Waals surface area contributed by atoms with Crippen molar-refractivity contribution in [2.75, 3.05) is 7.05 Å². The second kappa shape index (κ2) is 9.33. The highest BCUT2D eigenvalue weighted by molar-refractivity contribution is 14.0. The Labute approximate surface area is 145 Å². The van der Waals surface area contributed by atoms with Gasteiger partial charge in [-0.15, -0.1) is 24.0 Å². The molecule has 2 N–H and O–H groups in total. The van der Waals surface area contributed by atoms with Crippen LogP contribution in [-0.4, -0.2) is 23.6 Å². The van der Waals surface area contributed by atoms with Crippen molar-refractivity contribution in [3.63, 3.8) is 0 Å². The molecular formula is C16H29IN4. The maximum Gasteiger partial charge on any atom is 0.191 e. The molecule has 1 heterocycles. The summed E-state index contributed by atoms with van der Waals surface area (Å²) in [7, 11) is 3.91. The average Bonchev–Trinajstić information content (AvgIpc) is 2.89. The van der Waals surface area contributed by atoms with Crippen molar-refractivity contribution in [1.29, 1.82) is 0 Å². The molecule has 120 valence electrons. The van der Waals surface area contributed by atoms with E-state index in [-0.39, 0.29) is 24.0 Å². The average molecular weight is 404 g/mol. The van der Waals surface area contributed by atoms with Crippen LogP contribution in [0.2, 0.25) is 0 Å². The summed E-state index contributed by atoms with van der Waals surface area (Å²) in [5, 5.41) is 6.96. The number of rotatable bonds is 4. The molecule has 0 amide bonds. The SMILES string of the molecule is CCC1CCC(NC(=NC)NCc2cccn2C)CC1.I. The molecular weight excluding hydrogens is 375 g/mol. The van der Waals surface area contributed by atoms with Crippen molar-refractivity contribution >= 4 is 29.9 Å². The maximum absolute atomic E-state index is 4.34. The van der Waals surface area contributed by atoms with Gasteiger partial charge >= 0.3 is 0 Å². The summed E-state index contributed by atoms with van der Waals surface area (Å²) in [6.45, 7) is 3.12. The first-order chi connectivity index (χ1) is 9.72. The highest BCUT2D eigenvalue weighted by Crippen LogP contribution is 2.26. The molecule has 0 spiro atoms. The molecule has 5 heteroatoms. The minimum atomic E-state index is 0. The van der Waals surface area contributed by atoms with Gasteiger partial charge in [-0.3, -0.25) is 4.99 Å². The number of hydrogen-bond donors (Lipinski definition) is 2. The largest absolute Gasteiger partial charge is 0.354 e. The molecule has 21 heavy (non-hydrogen) atoms. The molecule has 0 aromatic carbocycles. The van der Waals surface area contributed by atoms with Crippen molar-refractivity contribution in [2.45, 2.75) is 51.6 Å². The van der Waals surface area contributed by atoms with Gasteiger partial charge in [0, 0.05) is 32.0 Å². The number of guanidine groups is 1. The van der Waals surface area contributed by atoms with Crippen LogP contribution in [-0.2, 0) is 13.6 Å². The third-order valence-electron chi connectivity index (χ3n) is 4.48. The van der Waals surface area contributed by atoms with Gasteiger partial charge in [0.25, 0.3) is 0 Å². The number of aromatic nitrogens is 1. The van der Waals surface area contributed by atoms with Crippen molar-refractivity contribution in [3.8, 4) is 0 Å². The van der Waals surface area contributed by atoms with Gasteiger partial charge < -0.3 is 15.2 Å². The lowest BCUT2D eigenvalue weighted by Gasteiger charge is -2.29. The van der Waals surface area contributed by atoms with Crippen LogP contribution in [0.1, 0.15) is 44.7 Å². The summed E-state index contributed by atoms with van der Waals surface area (Å²) in [6.07, 6.45) is 8.63. The van der Waals surface area contributed by atoms with Crippen LogP contribution in [0.4, 0.5) is 0 Å². The molecule has 1 fully saturated rings. The first kappa shape index (κ1) is 18.3. The Balaban J connectivity index is 0.00000220. The van der Waals surface area contributed by atoms with Gasteiger partial charge in [0.15, 0.2) is 5.96 Å². The lowest BCUT2D eigenvalue weighted by Crippen LogP contribution is -2.44. The summed E-state index contributed by atoms with van der Waals surface area (Å²) < 4.78 is 2.13. The number of nitrogens with zero attached hydrogens (tertiary/aromatic N) is 2. The molecule has 0 radical (unpaired) electrons. The van der Waals surface area contributed by atoms with E-state index in [0.717, 1.165) is 18.4 Å². The Morgan fingerprint density at radius 2 is 2.05 bits per heavy atom. The van der Waals surface area contributed by atoms with Crippen LogP contribution in [0.15, 0.2) is 23.3 Å². The van der Waals surface area contributed by atoms with Crippen molar-refractivity contribution < 1.29 is 0 Å². The fourth-order valence-corrected chi connectivity index (χ4v) is 2.96. The molecule has 1 aromatic heterocycles. The van der Waals surface area contributed by atoms with E-state index < -0.39 is 0 Å². The van der Waals surface area contributed by atoms with E-state index in [4.69, 9.17) is 0 Å². The molecule has 1 aliphatic rings. The van der Waals surface area contributed by atoms with Gasteiger partial charge in [0.1, 0.15) is 0 Å². The van der Waals surface area contributed by atoms with Crippen molar-refractivity contribution in [2.24, 2.45) is 18.0 Å². The Morgan fingerprint density at radius 1 is 1.33 bits per heavy atom. The molecule has 0 saturated heterocycles. The van der Waals surface area contributed by atoms with E-state index >= 15 is 0 Å². The zero-order valence-electron chi connectivity index (χ0n) is 13.4. The molecule has 4 nitrogen and oxygen atoms in total. The van der Waals surface area contributed by atoms with E-state index in [2.05, 4.69) is 52.5 Å². The van der Waals surface area contributed by atoms with E-state index in [1.54, 1.807) is 0 Å². The standard InChI is InChI=1S/C16H28N4.HI/c1-4-13-7-9-14(10-8-13)19-16(17-2)18-12-15-6-5-11-20(15)3;/h5-6,11,13-14H,4,7-10,12H2,1-3H3,(H2,17,18,19);1H. The molecule has 2 rings (SSSR count). The molecule has 1 saturated carbocycles. The molecule has 1 aromatic rings. The quantitative estimate of drug-likeness (QED) is 0.460. The third kappa shape index (κ3) is 5.52. The van der Waals surface area contributed by atoms with Gasteiger partial charge in [-0.1, -0.05) is 13.3 Å². The Bertz CT molecular complexity index is 433. The van der Waals surface area contributed by atoms with Crippen molar-refractivity contribution in [3.05, 3.63) is 24.0 Å². The van der Waals surface area contributed by atoms with Crippen LogP contribution in [0.3, 0.4) is 0 Å². The van der Waals surface area contributed by atoms with Crippen LogP contribution in [0, 0.1) is 5.92 Å². The predicted octanol–water partition coefficient (Wildman–Crippen LogP) is 3.28. The topological polar surface area (TPSA) is 41.4 Å². The molecule has 0 aliphatic heterocycles. The summed E-state index contributed by atoms with van der Waals surface area (Å²) in [6, 6.07) is 4.78. The zero-order chi connectivity index (χ0) is 14.4. The van der Waals surface area contributed by atoms with E-state index in [9.17, 15) is 0 Å². The maximum atomic E-state index is 4.34. The van der Waals surface area contributed by atoms with Crippen LogP contribution in [0.5, 0.6) is 0 Å². The molecule has 0 atom stereocenters. The lowest BCUT2D eigenvalue weighted by atomic mass is 9.84. The van der Waals surface area contributed by atoms with E-state index in [0.29, 0.717) is 6.04 Å². The molecule has 1 aliphatic carbocycles. The van der Waals surface area contributed by atoms with Crippen molar-refractivity contribution in [1.82, 2.24) is 15.2 Å². The summed E-state index contributed by atoms with van der Waals surface area (Å²) in [4.78, 5) is 4.34. The fourth-order valence-electron chi connectivity index (χ4n) is 2.96. The number of hydrogen-bond acceptors (Lipinski definition) is 1. The van der Waals surface area contributed by atoms with Gasteiger partial charge in [0.05, 0.1) is 6.54 Å². The second-order valence-electron chi connectivity index (χ2n) is 5.81. The predicted molar refractivity (Wildman–Crippen MR) is 100 cm³/mol. The summed E-state index contributed by atoms with van der Waals surface area (Å²) in [5.74, 6) is 1.86. The highest BCUT2D eigenvalue weighted by Gasteiger charge is 2.20. The first-order valence-corrected chi connectivity index (χ1v) is 7.80. The summed E-state index contributed by atoms with van der Waals surface area (Å²) in [5.41, 5.74) is 1.27. The van der Waals surface area contributed by atoms with Crippen LogP contribution < -0.4 is 10.6 Å². The number of aryl methyl sites for hydroxylation is 1. The minimum absolute atomic E-state index is 0. The zero-order valence-corrected chi connectivity index (χ0v) is 15.8. The molecule has 0 bridgehead atoms. The Kier molecular flexibility index (Phi) is 8.14. The van der Waals surface area contributed by atoms with Gasteiger partial charge in [0.2, 0.25) is 0 Å². The summed E-state index contributed by atoms with van der Waals surface area (Å²) >= 11 is 0. The second-order valence-corrected chi connectivity index (χ2v) is 5.81. The first-order valence-electron chi connectivity index (χ1n) is 7.80. The lowest BCUT2D eigenvalue weighted by molar-refractivity contribution is 0.304. The number of aliphatic imine (C=N–C) groups is 1. The van der Waals surface area contributed by atoms with E-state index in [1.165, 1.54) is 37.8 Å². The highest BCUT2D eigenvalue weighted by atomic mass is 127. The van der Waals surface area contributed by atoms with Gasteiger partial charge in [-0.25, -0.2) is 0 Å². The minimum Gasteiger partial charge on any atom is -0.354 e. The normalized spacial score (nSPS) is 22.5. The number of halogens is 1.